The van der Waals surface area contributed by atoms with Gasteiger partial charge in [-0.15, -0.1) is 0 Å². The lowest BCUT2D eigenvalue weighted by atomic mass is 10.1. The summed E-state index contributed by atoms with van der Waals surface area (Å²) in [7, 11) is 0. The van der Waals surface area contributed by atoms with Crippen molar-refractivity contribution in [2.45, 2.75) is 0 Å². The average molecular weight is 259 g/mol. The van der Waals surface area contributed by atoms with Gasteiger partial charge in [0.2, 0.25) is 5.78 Å². The first kappa shape index (κ1) is 11.6. The Hall–Kier alpha value is -2.43. The molecule has 19 heavy (non-hydrogen) atoms. The zero-order valence-electron chi connectivity index (χ0n) is 9.93. The Labute approximate surface area is 108 Å². The smallest absolute Gasteiger partial charge is 0.214 e. The van der Waals surface area contributed by atoms with Crippen LogP contribution in [0.4, 0.5) is 4.39 Å². The number of pyridine rings is 1. The molecule has 1 aliphatic heterocycles. The van der Waals surface area contributed by atoms with E-state index in [4.69, 9.17) is 9.47 Å². The Balaban J connectivity index is 1.98. The number of nitrogens with zero attached hydrogens (tertiary/aromatic N) is 1. The minimum atomic E-state index is -0.637. The second-order valence-electron chi connectivity index (χ2n) is 4.02. The average Bonchev–Trinajstić information content (AvgIpc) is 2.46. The van der Waals surface area contributed by atoms with Gasteiger partial charge in [-0.05, 0) is 30.3 Å². The molecule has 0 saturated heterocycles. The third kappa shape index (κ3) is 2.14. The van der Waals surface area contributed by atoms with Crippen molar-refractivity contribution in [2.75, 3.05) is 13.2 Å². The van der Waals surface area contributed by atoms with Gasteiger partial charge in [0.25, 0.3) is 0 Å². The van der Waals surface area contributed by atoms with E-state index < -0.39 is 11.6 Å². The molecule has 0 spiro atoms. The van der Waals surface area contributed by atoms with Crippen LogP contribution in [0.15, 0.2) is 36.5 Å². The highest BCUT2D eigenvalue weighted by Crippen LogP contribution is 2.31. The van der Waals surface area contributed by atoms with Gasteiger partial charge < -0.3 is 9.47 Å². The summed E-state index contributed by atoms with van der Waals surface area (Å²) in [5.74, 6) is -0.0322. The zero-order valence-corrected chi connectivity index (χ0v) is 9.93. The second kappa shape index (κ2) is 4.68. The Morgan fingerprint density at radius 2 is 1.95 bits per heavy atom. The maximum atomic E-state index is 13.5. The number of hydrogen-bond acceptors (Lipinski definition) is 4. The molecule has 0 radical (unpaired) electrons. The van der Waals surface area contributed by atoms with Crippen LogP contribution in [0.25, 0.3) is 0 Å². The highest BCUT2D eigenvalue weighted by atomic mass is 19.1. The fourth-order valence-electron chi connectivity index (χ4n) is 1.87. The van der Waals surface area contributed by atoms with Crippen LogP contribution in [-0.4, -0.2) is 24.0 Å². The molecule has 0 atom stereocenters. The van der Waals surface area contributed by atoms with E-state index in [9.17, 15) is 9.18 Å². The number of ether oxygens (including phenoxy) is 2. The van der Waals surface area contributed by atoms with Gasteiger partial charge in [-0.1, -0.05) is 0 Å². The Morgan fingerprint density at radius 3 is 2.74 bits per heavy atom. The molecule has 0 unspecified atom stereocenters. The summed E-state index contributed by atoms with van der Waals surface area (Å²) in [6.07, 6.45) is 1.38. The molecule has 5 heteroatoms. The summed E-state index contributed by atoms with van der Waals surface area (Å²) in [5, 5.41) is 0. The summed E-state index contributed by atoms with van der Waals surface area (Å²) in [6.45, 7) is 0.914. The fraction of sp³-hybridized carbons (Fsp3) is 0.143. The van der Waals surface area contributed by atoms with Crippen LogP contribution >= 0.6 is 0 Å². The molecule has 2 aromatic rings. The molecule has 0 fully saturated rings. The van der Waals surface area contributed by atoms with Crippen LogP contribution in [-0.2, 0) is 0 Å². The van der Waals surface area contributed by atoms with Crippen molar-refractivity contribution in [1.82, 2.24) is 4.98 Å². The summed E-state index contributed by atoms with van der Waals surface area (Å²) in [6, 6.07) is 7.41. The van der Waals surface area contributed by atoms with Crippen molar-refractivity contribution < 1.29 is 18.7 Å². The predicted molar refractivity (Wildman–Crippen MR) is 65.1 cm³/mol. The van der Waals surface area contributed by atoms with Crippen LogP contribution in [0.5, 0.6) is 11.5 Å². The maximum absolute atomic E-state index is 13.5. The van der Waals surface area contributed by atoms with E-state index in [2.05, 4.69) is 4.98 Å². The molecule has 3 rings (SSSR count). The monoisotopic (exact) mass is 259 g/mol. The molecular weight excluding hydrogens is 249 g/mol. The number of ketones is 1. The standard InChI is InChI=1S/C14H10FNO3/c15-10-2-1-5-16-13(10)14(17)9-3-4-11-12(8-9)19-7-6-18-11/h1-5,8H,6-7H2. The second-order valence-corrected chi connectivity index (χ2v) is 4.02. The van der Waals surface area contributed by atoms with Crippen LogP contribution in [0.2, 0.25) is 0 Å². The number of carbonyl (C=O) groups excluding carboxylic acids is 1. The van der Waals surface area contributed by atoms with E-state index in [-0.39, 0.29) is 5.69 Å². The molecule has 0 bridgehead atoms. The van der Waals surface area contributed by atoms with Gasteiger partial charge in [0.15, 0.2) is 17.3 Å². The van der Waals surface area contributed by atoms with Gasteiger partial charge in [-0.3, -0.25) is 4.79 Å². The highest BCUT2D eigenvalue weighted by Gasteiger charge is 2.19. The SMILES string of the molecule is O=C(c1ccc2c(c1)OCCO2)c1ncccc1F. The van der Waals surface area contributed by atoms with Gasteiger partial charge in [0, 0.05) is 11.8 Å². The number of carbonyl (C=O) groups is 1. The summed E-state index contributed by atoms with van der Waals surface area (Å²) in [5.41, 5.74) is 0.126. The summed E-state index contributed by atoms with van der Waals surface area (Å²) >= 11 is 0. The lowest BCUT2D eigenvalue weighted by Gasteiger charge is -2.18. The molecule has 1 aliphatic rings. The number of fused-ring (bicyclic) bond motifs is 1. The molecule has 1 aromatic heterocycles. The van der Waals surface area contributed by atoms with Crippen LogP contribution in [0.3, 0.4) is 0 Å². The third-order valence-corrected chi connectivity index (χ3v) is 2.78. The summed E-state index contributed by atoms with van der Waals surface area (Å²) in [4.78, 5) is 15.9. The molecule has 96 valence electrons. The van der Waals surface area contributed by atoms with Crippen LogP contribution in [0, 0.1) is 5.82 Å². The van der Waals surface area contributed by atoms with Gasteiger partial charge in [-0.25, -0.2) is 9.37 Å². The minimum Gasteiger partial charge on any atom is -0.486 e. The molecule has 4 nitrogen and oxygen atoms in total. The highest BCUT2D eigenvalue weighted by molar-refractivity contribution is 6.08. The van der Waals surface area contributed by atoms with Gasteiger partial charge >= 0.3 is 0 Å². The molecule has 0 saturated carbocycles. The normalized spacial score (nSPS) is 13.1. The first-order valence-corrected chi connectivity index (χ1v) is 5.80. The van der Waals surface area contributed by atoms with Crippen molar-refractivity contribution in [2.24, 2.45) is 0 Å². The van der Waals surface area contributed by atoms with Crippen molar-refractivity contribution in [1.29, 1.82) is 0 Å². The van der Waals surface area contributed by atoms with E-state index in [1.807, 2.05) is 0 Å². The van der Waals surface area contributed by atoms with Crippen molar-refractivity contribution in [3.05, 3.63) is 53.6 Å². The predicted octanol–water partition coefficient (Wildman–Crippen LogP) is 2.22. The van der Waals surface area contributed by atoms with Crippen LogP contribution in [0.1, 0.15) is 16.1 Å². The Morgan fingerprint density at radius 1 is 1.16 bits per heavy atom. The number of halogens is 1. The Kier molecular flexibility index (Phi) is 2.87. The van der Waals surface area contributed by atoms with E-state index in [1.165, 1.54) is 18.3 Å². The topological polar surface area (TPSA) is 48.4 Å². The largest absolute Gasteiger partial charge is 0.486 e. The van der Waals surface area contributed by atoms with Crippen molar-refractivity contribution in [3.63, 3.8) is 0 Å². The van der Waals surface area contributed by atoms with Gasteiger partial charge in [0.05, 0.1) is 0 Å². The minimum absolute atomic E-state index is 0.195. The fourth-order valence-corrected chi connectivity index (χ4v) is 1.87. The molecule has 0 amide bonds. The lowest BCUT2D eigenvalue weighted by Crippen LogP contribution is -2.16. The lowest BCUT2D eigenvalue weighted by molar-refractivity contribution is 0.102. The van der Waals surface area contributed by atoms with Gasteiger partial charge in [-0.2, -0.15) is 0 Å². The number of benzene rings is 1. The summed E-state index contributed by atoms with van der Waals surface area (Å²) < 4.78 is 24.3. The van der Waals surface area contributed by atoms with E-state index in [1.54, 1.807) is 18.2 Å². The molecule has 0 aliphatic carbocycles. The first-order chi connectivity index (χ1) is 9.25. The zero-order chi connectivity index (χ0) is 13.2. The van der Waals surface area contributed by atoms with E-state index >= 15 is 0 Å². The molecular formula is C14H10FNO3. The molecule has 2 heterocycles. The molecule has 1 aromatic carbocycles. The third-order valence-electron chi connectivity index (χ3n) is 2.78. The van der Waals surface area contributed by atoms with Crippen molar-refractivity contribution >= 4 is 5.78 Å². The number of rotatable bonds is 2. The van der Waals surface area contributed by atoms with Crippen molar-refractivity contribution in [3.8, 4) is 11.5 Å². The quantitative estimate of drug-likeness (QED) is 0.776. The number of hydrogen-bond donors (Lipinski definition) is 0. The maximum Gasteiger partial charge on any atom is 0.214 e. The Bertz CT molecular complexity index is 642. The van der Waals surface area contributed by atoms with E-state index in [0.29, 0.717) is 30.3 Å². The van der Waals surface area contributed by atoms with E-state index in [0.717, 1.165) is 0 Å². The number of aromatic nitrogens is 1. The van der Waals surface area contributed by atoms with Gasteiger partial charge in [0.1, 0.15) is 18.9 Å². The van der Waals surface area contributed by atoms with Crippen LogP contribution < -0.4 is 9.47 Å². The molecule has 0 N–H and O–H groups in total. The first-order valence-electron chi connectivity index (χ1n) is 5.80.